The van der Waals surface area contributed by atoms with Crippen molar-refractivity contribution in [1.29, 1.82) is 0 Å². The van der Waals surface area contributed by atoms with Gasteiger partial charge in [0.2, 0.25) is 9.39 Å². The van der Waals surface area contributed by atoms with Gasteiger partial charge in [0, 0.05) is 5.56 Å². The average molecular weight is 386 g/mol. The van der Waals surface area contributed by atoms with Crippen LogP contribution >= 0.6 is 34.8 Å². The Labute approximate surface area is 152 Å². The SMILES string of the molecule is O=C1OC(c2ccccc2)(C(Cl)(Cl)Cl)C(C(=O)O)c2ccccc21. The molecule has 1 aliphatic rings. The minimum Gasteiger partial charge on any atom is -0.481 e. The molecule has 1 heterocycles. The number of carbonyl (C=O) groups excluding carboxylic acids is 1. The van der Waals surface area contributed by atoms with Crippen LogP contribution in [-0.2, 0) is 15.1 Å². The molecule has 0 aromatic heterocycles. The summed E-state index contributed by atoms with van der Waals surface area (Å²) in [5.41, 5.74) is -1.31. The maximum atomic E-state index is 12.5. The van der Waals surface area contributed by atoms with E-state index >= 15 is 0 Å². The maximum absolute atomic E-state index is 12.5. The molecule has 0 amide bonds. The summed E-state index contributed by atoms with van der Waals surface area (Å²) in [6.45, 7) is 0. The zero-order chi connectivity index (χ0) is 17.5. The van der Waals surface area contributed by atoms with Gasteiger partial charge in [-0.05, 0) is 11.6 Å². The highest BCUT2D eigenvalue weighted by atomic mass is 35.6. The Hall–Kier alpha value is -1.75. The second-order valence-electron chi connectivity index (χ2n) is 5.35. The summed E-state index contributed by atoms with van der Waals surface area (Å²) in [6, 6.07) is 14.4. The van der Waals surface area contributed by atoms with E-state index in [4.69, 9.17) is 39.5 Å². The zero-order valence-corrected chi connectivity index (χ0v) is 14.3. The monoisotopic (exact) mass is 384 g/mol. The number of hydrogen-bond donors (Lipinski definition) is 1. The minimum atomic E-state index is -2.21. The van der Waals surface area contributed by atoms with Gasteiger partial charge in [-0.15, -0.1) is 0 Å². The van der Waals surface area contributed by atoms with Gasteiger partial charge >= 0.3 is 11.9 Å². The molecule has 1 N–H and O–H groups in total. The molecule has 0 saturated carbocycles. The van der Waals surface area contributed by atoms with E-state index in [0.717, 1.165) is 0 Å². The molecule has 1 aliphatic heterocycles. The van der Waals surface area contributed by atoms with Crippen LogP contribution in [0.5, 0.6) is 0 Å². The molecule has 4 nitrogen and oxygen atoms in total. The predicted octanol–water partition coefficient (Wildman–Crippen LogP) is 4.29. The summed E-state index contributed by atoms with van der Waals surface area (Å²) in [5.74, 6) is -3.37. The highest BCUT2D eigenvalue weighted by molar-refractivity contribution is 6.68. The molecule has 124 valence electrons. The lowest BCUT2D eigenvalue weighted by Gasteiger charge is -2.46. The Kier molecular flexibility index (Phi) is 4.24. The molecule has 0 aliphatic carbocycles. The van der Waals surface area contributed by atoms with Gasteiger partial charge in [0.15, 0.2) is 0 Å². The third-order valence-corrected chi connectivity index (χ3v) is 4.86. The number of halogens is 3. The van der Waals surface area contributed by atoms with Gasteiger partial charge in [-0.1, -0.05) is 83.3 Å². The second-order valence-corrected chi connectivity index (χ2v) is 7.63. The van der Waals surface area contributed by atoms with Crippen LogP contribution in [0.15, 0.2) is 54.6 Å². The smallest absolute Gasteiger partial charge is 0.339 e. The lowest BCUT2D eigenvalue weighted by molar-refractivity contribution is -0.148. The summed E-state index contributed by atoms with van der Waals surface area (Å²) in [6.07, 6.45) is 0. The van der Waals surface area contributed by atoms with E-state index < -0.39 is 27.3 Å². The van der Waals surface area contributed by atoms with E-state index in [1.165, 1.54) is 12.1 Å². The summed E-state index contributed by atoms with van der Waals surface area (Å²) >= 11 is 18.5. The highest BCUT2D eigenvalue weighted by Crippen LogP contribution is 2.58. The average Bonchev–Trinajstić information content (AvgIpc) is 2.54. The lowest BCUT2D eigenvalue weighted by atomic mass is 9.74. The fraction of sp³-hybridized carbons (Fsp3) is 0.176. The fourth-order valence-corrected chi connectivity index (χ4v) is 3.79. The number of cyclic esters (lactones) is 1. The molecule has 7 heteroatoms. The first kappa shape index (κ1) is 17.1. The molecule has 24 heavy (non-hydrogen) atoms. The van der Waals surface area contributed by atoms with E-state index in [9.17, 15) is 14.7 Å². The first-order valence-electron chi connectivity index (χ1n) is 6.96. The Morgan fingerprint density at radius 2 is 1.62 bits per heavy atom. The molecule has 0 saturated heterocycles. The maximum Gasteiger partial charge on any atom is 0.339 e. The van der Waals surface area contributed by atoms with Crippen molar-refractivity contribution in [3.05, 3.63) is 71.3 Å². The number of carboxylic acid groups (broad SMARTS) is 1. The van der Waals surface area contributed by atoms with Crippen molar-refractivity contribution in [2.75, 3.05) is 0 Å². The second kappa shape index (κ2) is 5.96. The standard InChI is InChI=1S/C17H11Cl3O4/c18-17(19,20)16(10-6-2-1-3-7-10)13(14(21)22)11-8-4-5-9-12(11)15(23)24-16/h1-9,13H,(H,21,22). The Morgan fingerprint density at radius 3 is 2.21 bits per heavy atom. The Morgan fingerprint density at radius 1 is 1.04 bits per heavy atom. The zero-order valence-electron chi connectivity index (χ0n) is 12.1. The van der Waals surface area contributed by atoms with Crippen molar-refractivity contribution in [3.8, 4) is 0 Å². The van der Waals surface area contributed by atoms with Gasteiger partial charge < -0.3 is 9.84 Å². The summed E-state index contributed by atoms with van der Waals surface area (Å²) in [5, 5.41) is 9.86. The van der Waals surface area contributed by atoms with E-state index in [0.29, 0.717) is 5.56 Å². The van der Waals surface area contributed by atoms with E-state index in [2.05, 4.69) is 0 Å². The summed E-state index contributed by atoms with van der Waals surface area (Å²) in [4.78, 5) is 24.6. The van der Waals surface area contributed by atoms with Crippen LogP contribution in [0.25, 0.3) is 0 Å². The summed E-state index contributed by atoms with van der Waals surface area (Å²) in [7, 11) is 0. The van der Waals surface area contributed by atoms with Gasteiger partial charge in [-0.3, -0.25) is 4.79 Å². The predicted molar refractivity (Wildman–Crippen MR) is 90.6 cm³/mol. The first-order valence-corrected chi connectivity index (χ1v) is 8.10. The molecule has 2 unspecified atom stereocenters. The van der Waals surface area contributed by atoms with Crippen LogP contribution in [0.4, 0.5) is 0 Å². The van der Waals surface area contributed by atoms with Crippen molar-refractivity contribution < 1.29 is 19.4 Å². The van der Waals surface area contributed by atoms with E-state index in [-0.39, 0.29) is 11.1 Å². The Bertz CT molecular complexity index is 801. The molecule has 0 spiro atoms. The number of fused-ring (bicyclic) bond motifs is 1. The van der Waals surface area contributed by atoms with Gasteiger partial charge in [0.25, 0.3) is 0 Å². The number of rotatable bonds is 2. The van der Waals surface area contributed by atoms with Gasteiger partial charge in [-0.2, -0.15) is 0 Å². The molecule has 3 rings (SSSR count). The molecular formula is C17H11Cl3O4. The van der Waals surface area contributed by atoms with Crippen LogP contribution in [0.1, 0.15) is 27.4 Å². The number of alkyl halides is 3. The fourth-order valence-electron chi connectivity index (χ4n) is 3.02. The molecule has 2 aromatic rings. The van der Waals surface area contributed by atoms with Crippen LogP contribution in [0.3, 0.4) is 0 Å². The van der Waals surface area contributed by atoms with Gasteiger partial charge in [0.05, 0.1) is 5.56 Å². The van der Waals surface area contributed by atoms with Crippen LogP contribution in [-0.4, -0.2) is 20.8 Å². The van der Waals surface area contributed by atoms with E-state index in [1.807, 2.05) is 0 Å². The summed E-state index contributed by atoms with van der Waals surface area (Å²) < 4.78 is 3.30. The molecule has 2 aromatic carbocycles. The third-order valence-electron chi connectivity index (χ3n) is 4.02. The van der Waals surface area contributed by atoms with Crippen LogP contribution < -0.4 is 0 Å². The van der Waals surface area contributed by atoms with Crippen molar-refractivity contribution in [1.82, 2.24) is 0 Å². The first-order chi connectivity index (χ1) is 11.3. The Balaban J connectivity index is 2.37. The lowest BCUT2D eigenvalue weighted by Crippen LogP contribution is -2.54. The normalized spacial score (nSPS) is 23.3. The molecular weight excluding hydrogens is 375 g/mol. The minimum absolute atomic E-state index is 0.144. The van der Waals surface area contributed by atoms with E-state index in [1.54, 1.807) is 42.5 Å². The number of aliphatic carboxylic acids is 1. The van der Waals surface area contributed by atoms with Gasteiger partial charge in [0.1, 0.15) is 5.92 Å². The quantitative estimate of drug-likeness (QED) is 0.619. The number of carbonyl (C=O) groups is 2. The molecule has 0 bridgehead atoms. The van der Waals surface area contributed by atoms with Crippen molar-refractivity contribution >= 4 is 46.7 Å². The molecule has 0 radical (unpaired) electrons. The number of carboxylic acids is 1. The number of esters is 1. The molecule has 2 atom stereocenters. The van der Waals surface area contributed by atoms with Crippen LogP contribution in [0, 0.1) is 0 Å². The number of ether oxygens (including phenoxy) is 1. The van der Waals surface area contributed by atoms with Crippen molar-refractivity contribution in [3.63, 3.8) is 0 Å². The third kappa shape index (κ3) is 2.46. The number of benzene rings is 2. The largest absolute Gasteiger partial charge is 0.481 e. The van der Waals surface area contributed by atoms with Gasteiger partial charge in [-0.25, -0.2) is 4.79 Å². The molecule has 0 fully saturated rings. The van der Waals surface area contributed by atoms with Crippen molar-refractivity contribution in [2.24, 2.45) is 0 Å². The van der Waals surface area contributed by atoms with Crippen molar-refractivity contribution in [2.45, 2.75) is 15.3 Å². The topological polar surface area (TPSA) is 63.6 Å². The number of hydrogen-bond acceptors (Lipinski definition) is 3. The van der Waals surface area contributed by atoms with Crippen LogP contribution in [0.2, 0.25) is 0 Å². The highest BCUT2D eigenvalue weighted by Gasteiger charge is 2.64.